The van der Waals surface area contributed by atoms with Crippen molar-refractivity contribution in [3.63, 3.8) is 0 Å². The van der Waals surface area contributed by atoms with E-state index in [-0.39, 0.29) is 17.3 Å². The molecule has 0 unspecified atom stereocenters. The van der Waals surface area contributed by atoms with Crippen LogP contribution in [0.1, 0.15) is 34.5 Å². The van der Waals surface area contributed by atoms with Crippen LogP contribution in [0, 0.1) is 11.6 Å². The fourth-order valence-electron chi connectivity index (χ4n) is 3.13. The Morgan fingerprint density at radius 3 is 2.76 bits per heavy atom. The number of nitrogens with one attached hydrogen (secondary N) is 1. The summed E-state index contributed by atoms with van der Waals surface area (Å²) in [7, 11) is 0. The number of aryl methyl sites for hydroxylation is 2. The Morgan fingerprint density at radius 2 is 1.97 bits per heavy atom. The zero-order chi connectivity index (χ0) is 23.0. The smallest absolute Gasteiger partial charge is 0.260 e. The van der Waals surface area contributed by atoms with Gasteiger partial charge in [0.2, 0.25) is 0 Å². The molecule has 0 saturated heterocycles. The second-order valence-electron chi connectivity index (χ2n) is 7.28. The summed E-state index contributed by atoms with van der Waals surface area (Å²) in [5.41, 5.74) is 1.47. The fourth-order valence-corrected chi connectivity index (χ4v) is 3.82. The van der Waals surface area contributed by atoms with Gasteiger partial charge in [-0.3, -0.25) is 14.8 Å². The van der Waals surface area contributed by atoms with Gasteiger partial charge in [0.05, 0.1) is 17.5 Å². The van der Waals surface area contributed by atoms with Crippen molar-refractivity contribution in [3.8, 4) is 5.75 Å². The molecule has 1 N–H and O–H groups in total. The number of hydrogen-bond acceptors (Lipinski definition) is 6. The SMILES string of the molecule is O=C(Nc1nc(COc2ccc(CCCCn3ccnn3)cc2)cs1)c1cc(F)ccc1F. The van der Waals surface area contributed by atoms with Gasteiger partial charge in [0.15, 0.2) is 5.13 Å². The van der Waals surface area contributed by atoms with E-state index in [2.05, 4.69) is 20.6 Å². The Kier molecular flexibility index (Phi) is 7.36. The van der Waals surface area contributed by atoms with Gasteiger partial charge in [-0.25, -0.2) is 13.8 Å². The van der Waals surface area contributed by atoms with Crippen molar-refractivity contribution in [3.05, 3.63) is 88.7 Å². The molecule has 4 rings (SSSR count). The van der Waals surface area contributed by atoms with Gasteiger partial charge in [0, 0.05) is 18.1 Å². The van der Waals surface area contributed by atoms with Gasteiger partial charge in [0.1, 0.15) is 24.0 Å². The molecule has 170 valence electrons. The van der Waals surface area contributed by atoms with Crippen LogP contribution in [0.5, 0.6) is 5.75 Å². The van der Waals surface area contributed by atoms with Crippen molar-refractivity contribution >= 4 is 22.4 Å². The molecule has 0 aliphatic heterocycles. The number of unbranched alkanes of at least 4 members (excludes halogenated alkanes) is 1. The predicted molar refractivity (Wildman–Crippen MR) is 120 cm³/mol. The third kappa shape index (κ3) is 6.42. The normalized spacial score (nSPS) is 10.8. The Hall–Kier alpha value is -3.66. The van der Waals surface area contributed by atoms with Crippen LogP contribution in [0.25, 0.3) is 0 Å². The summed E-state index contributed by atoms with van der Waals surface area (Å²) in [6, 6.07) is 10.6. The number of carbonyl (C=O) groups is 1. The lowest BCUT2D eigenvalue weighted by atomic mass is 10.1. The zero-order valence-electron chi connectivity index (χ0n) is 17.6. The molecule has 0 aliphatic rings. The number of thiazole rings is 1. The van der Waals surface area contributed by atoms with E-state index in [9.17, 15) is 13.6 Å². The van der Waals surface area contributed by atoms with E-state index in [1.807, 2.05) is 35.1 Å². The second-order valence-corrected chi connectivity index (χ2v) is 8.14. The Bertz CT molecular complexity index is 1200. The quantitative estimate of drug-likeness (QED) is 0.335. The van der Waals surface area contributed by atoms with Crippen molar-refractivity contribution in [2.75, 3.05) is 5.32 Å². The van der Waals surface area contributed by atoms with Crippen LogP contribution in [-0.2, 0) is 19.6 Å². The minimum absolute atomic E-state index is 0.220. The van der Waals surface area contributed by atoms with Gasteiger partial charge in [-0.05, 0) is 55.2 Å². The number of aromatic nitrogens is 4. The maximum absolute atomic E-state index is 13.7. The number of carbonyl (C=O) groups excluding carboxylic acids is 1. The third-order valence-corrected chi connectivity index (χ3v) is 5.64. The molecular formula is C23H21F2N5O2S. The van der Waals surface area contributed by atoms with Gasteiger partial charge in [-0.2, -0.15) is 0 Å². The number of anilines is 1. The summed E-state index contributed by atoms with van der Waals surface area (Å²) < 4.78 is 34.6. The summed E-state index contributed by atoms with van der Waals surface area (Å²) in [4.78, 5) is 16.4. The second kappa shape index (κ2) is 10.8. The highest BCUT2D eigenvalue weighted by atomic mass is 32.1. The standard InChI is InChI=1S/C23H21F2N5O2S/c24-17-6-9-21(25)20(13-17)22(31)28-23-27-18(15-33-23)14-32-19-7-4-16(5-8-19)3-1-2-11-30-12-10-26-29-30/h4-10,12-13,15H,1-3,11,14H2,(H,27,28,31). The minimum Gasteiger partial charge on any atom is -0.487 e. The molecule has 0 saturated carbocycles. The molecule has 0 spiro atoms. The van der Waals surface area contributed by atoms with Gasteiger partial charge in [0.25, 0.3) is 5.91 Å². The van der Waals surface area contributed by atoms with Crippen molar-refractivity contribution in [1.82, 2.24) is 20.0 Å². The molecule has 0 aliphatic carbocycles. The lowest BCUT2D eigenvalue weighted by molar-refractivity contribution is 0.102. The molecule has 33 heavy (non-hydrogen) atoms. The van der Waals surface area contributed by atoms with Crippen LogP contribution in [0.2, 0.25) is 0 Å². The van der Waals surface area contributed by atoms with E-state index in [4.69, 9.17) is 4.74 Å². The topological polar surface area (TPSA) is 81.9 Å². The van der Waals surface area contributed by atoms with Crippen LogP contribution < -0.4 is 10.1 Å². The molecule has 1 amide bonds. The summed E-state index contributed by atoms with van der Waals surface area (Å²) in [6.07, 6.45) is 6.57. The molecule has 4 aromatic rings. The van der Waals surface area contributed by atoms with Crippen LogP contribution in [0.4, 0.5) is 13.9 Å². The average molecular weight is 470 g/mol. The predicted octanol–water partition coefficient (Wildman–Crippen LogP) is 4.87. The van der Waals surface area contributed by atoms with Gasteiger partial charge in [-0.1, -0.05) is 17.3 Å². The number of nitrogens with zero attached hydrogens (tertiary/aromatic N) is 4. The molecule has 0 bridgehead atoms. The van der Waals surface area contributed by atoms with E-state index >= 15 is 0 Å². The first kappa shape index (κ1) is 22.5. The van der Waals surface area contributed by atoms with Gasteiger partial charge < -0.3 is 4.74 Å². The molecule has 0 atom stereocenters. The first-order chi connectivity index (χ1) is 16.1. The Balaban J connectivity index is 1.22. The van der Waals surface area contributed by atoms with Crippen molar-refractivity contribution in [1.29, 1.82) is 0 Å². The largest absolute Gasteiger partial charge is 0.487 e. The molecule has 2 heterocycles. The van der Waals surface area contributed by atoms with Crippen molar-refractivity contribution in [2.24, 2.45) is 0 Å². The highest BCUT2D eigenvalue weighted by Crippen LogP contribution is 2.20. The lowest BCUT2D eigenvalue weighted by Crippen LogP contribution is -2.14. The number of halogens is 2. The highest BCUT2D eigenvalue weighted by molar-refractivity contribution is 7.13. The maximum Gasteiger partial charge on any atom is 0.260 e. The number of ether oxygens (including phenoxy) is 1. The molecular weight excluding hydrogens is 448 g/mol. The summed E-state index contributed by atoms with van der Waals surface area (Å²) in [5.74, 6) is -1.53. The van der Waals surface area contributed by atoms with Gasteiger partial charge >= 0.3 is 0 Å². The molecule has 2 aromatic heterocycles. The average Bonchev–Trinajstić information content (AvgIpc) is 3.50. The molecule has 7 nitrogen and oxygen atoms in total. The summed E-state index contributed by atoms with van der Waals surface area (Å²) >= 11 is 1.18. The van der Waals surface area contributed by atoms with E-state index in [0.29, 0.717) is 11.4 Å². The molecule has 0 fully saturated rings. The Labute approximate surface area is 193 Å². The van der Waals surface area contributed by atoms with E-state index in [0.717, 1.165) is 44.0 Å². The van der Waals surface area contributed by atoms with E-state index < -0.39 is 17.5 Å². The summed E-state index contributed by atoms with van der Waals surface area (Å²) in [5, 5.41) is 12.2. The van der Waals surface area contributed by atoms with E-state index in [1.165, 1.54) is 16.9 Å². The number of rotatable bonds is 10. The zero-order valence-corrected chi connectivity index (χ0v) is 18.4. The van der Waals surface area contributed by atoms with Crippen LogP contribution in [-0.4, -0.2) is 25.9 Å². The van der Waals surface area contributed by atoms with Crippen LogP contribution >= 0.6 is 11.3 Å². The maximum atomic E-state index is 13.7. The fraction of sp³-hybridized carbons (Fsp3) is 0.217. The summed E-state index contributed by atoms with van der Waals surface area (Å²) in [6.45, 7) is 1.08. The van der Waals surface area contributed by atoms with E-state index in [1.54, 1.807) is 11.6 Å². The molecule has 10 heteroatoms. The monoisotopic (exact) mass is 469 g/mol. The molecule has 2 aromatic carbocycles. The third-order valence-electron chi connectivity index (χ3n) is 4.83. The minimum atomic E-state index is -0.798. The molecule has 0 radical (unpaired) electrons. The van der Waals surface area contributed by atoms with Crippen molar-refractivity contribution in [2.45, 2.75) is 32.4 Å². The number of benzene rings is 2. The van der Waals surface area contributed by atoms with Crippen LogP contribution in [0.3, 0.4) is 0 Å². The Morgan fingerprint density at radius 1 is 1.12 bits per heavy atom. The van der Waals surface area contributed by atoms with Crippen molar-refractivity contribution < 1.29 is 18.3 Å². The highest BCUT2D eigenvalue weighted by Gasteiger charge is 2.15. The number of amides is 1. The first-order valence-corrected chi connectivity index (χ1v) is 11.2. The van der Waals surface area contributed by atoms with Gasteiger partial charge in [-0.15, -0.1) is 16.4 Å². The van der Waals surface area contributed by atoms with Crippen LogP contribution in [0.15, 0.2) is 60.2 Å². The lowest BCUT2D eigenvalue weighted by Gasteiger charge is -2.06. The first-order valence-electron chi connectivity index (χ1n) is 10.3. The number of hydrogen-bond donors (Lipinski definition) is 1.